The second kappa shape index (κ2) is 8.65. The van der Waals surface area contributed by atoms with Crippen LogP contribution in [0.3, 0.4) is 0 Å². The Morgan fingerprint density at radius 1 is 1.40 bits per heavy atom. The quantitative estimate of drug-likeness (QED) is 0.341. The van der Waals surface area contributed by atoms with Gasteiger partial charge in [0, 0.05) is 5.75 Å². The lowest BCUT2D eigenvalue weighted by Crippen LogP contribution is -2.11. The summed E-state index contributed by atoms with van der Waals surface area (Å²) >= 11 is 2.27. The van der Waals surface area contributed by atoms with E-state index in [1.165, 1.54) is 17.8 Å². The van der Waals surface area contributed by atoms with Gasteiger partial charge in [0.2, 0.25) is 0 Å². The molecule has 0 aliphatic heterocycles. The number of nitrogens with two attached hydrogens (primary N) is 1. The molecule has 0 spiro atoms. The third kappa shape index (κ3) is 4.59. The van der Waals surface area contributed by atoms with Gasteiger partial charge in [-0.2, -0.15) is 5.26 Å². The number of hydrogen-bond donors (Lipinski definition) is 1. The molecule has 0 bridgehead atoms. The number of Topliss-reactive ketones (excluding diaryl/α,β-unsaturated/α-hetero) is 1. The summed E-state index contributed by atoms with van der Waals surface area (Å²) in [6, 6.07) is 8.30. The van der Waals surface area contributed by atoms with Crippen molar-refractivity contribution in [2.24, 2.45) is 0 Å². The number of ether oxygens (including phenoxy) is 1. The van der Waals surface area contributed by atoms with Crippen LogP contribution in [0.25, 0.3) is 0 Å². The molecular weight excluding hydrogens is 363 g/mol. The van der Waals surface area contributed by atoms with Gasteiger partial charge in [0.15, 0.2) is 5.78 Å². The van der Waals surface area contributed by atoms with Crippen LogP contribution in [0, 0.1) is 17.1 Å². The van der Waals surface area contributed by atoms with Crippen LogP contribution in [0.1, 0.15) is 34.1 Å². The summed E-state index contributed by atoms with van der Waals surface area (Å²) in [6.45, 7) is 1.83. The Balaban J connectivity index is 2.20. The fourth-order valence-corrected chi connectivity index (χ4v) is 4.34. The fraction of sp³-hybridized carbons (Fsp3) is 0.235. The first kappa shape index (κ1) is 19.0. The van der Waals surface area contributed by atoms with E-state index < -0.39 is 18.2 Å². The molecule has 130 valence electrons. The van der Waals surface area contributed by atoms with E-state index in [-0.39, 0.29) is 28.6 Å². The summed E-state index contributed by atoms with van der Waals surface area (Å²) in [5.74, 6) is -1.17. The highest BCUT2D eigenvalue weighted by atomic mass is 32.2. The van der Waals surface area contributed by atoms with Crippen LogP contribution in [0.5, 0.6) is 0 Å². The Labute approximate surface area is 152 Å². The number of nitrogens with zero attached hydrogens (tertiary/aromatic N) is 1. The van der Waals surface area contributed by atoms with E-state index in [0.717, 1.165) is 11.3 Å². The summed E-state index contributed by atoms with van der Waals surface area (Å²) in [4.78, 5) is 23.8. The van der Waals surface area contributed by atoms with Crippen molar-refractivity contribution in [1.82, 2.24) is 0 Å². The maximum Gasteiger partial charge on any atom is 0.313 e. The van der Waals surface area contributed by atoms with E-state index in [0.29, 0.717) is 15.5 Å². The molecular formula is C17H15FN2O3S2. The average molecular weight is 378 g/mol. The summed E-state index contributed by atoms with van der Waals surface area (Å²) in [5.41, 5.74) is 6.61. The van der Waals surface area contributed by atoms with Gasteiger partial charge in [0.25, 0.3) is 0 Å². The number of nitriles is 1. The summed E-state index contributed by atoms with van der Waals surface area (Å²) < 4.78 is 19.0. The number of ketones is 1. The number of anilines is 1. The van der Waals surface area contributed by atoms with E-state index in [1.54, 1.807) is 25.1 Å². The van der Waals surface area contributed by atoms with Crippen molar-refractivity contribution in [1.29, 1.82) is 5.26 Å². The van der Waals surface area contributed by atoms with Crippen LogP contribution >= 0.6 is 23.1 Å². The normalized spacial score (nSPS) is 10.3. The second-order valence-electron chi connectivity index (χ2n) is 4.90. The third-order valence-electron chi connectivity index (χ3n) is 3.20. The smallest absolute Gasteiger partial charge is 0.313 e. The van der Waals surface area contributed by atoms with Gasteiger partial charge >= 0.3 is 5.97 Å². The number of thiophene rings is 1. The highest BCUT2D eigenvalue weighted by Gasteiger charge is 2.23. The number of esters is 1. The molecule has 0 saturated carbocycles. The SMILES string of the molecule is CCOC(=O)CC(=O)c1sc(SCc2ccccc2F)c(C#N)c1N. The Kier molecular flexibility index (Phi) is 6.56. The number of carbonyl (C=O) groups is 2. The minimum Gasteiger partial charge on any atom is -0.466 e. The first-order valence-corrected chi connectivity index (χ1v) is 9.15. The Bertz CT molecular complexity index is 843. The van der Waals surface area contributed by atoms with Gasteiger partial charge in [0.1, 0.15) is 23.9 Å². The lowest BCUT2D eigenvalue weighted by Gasteiger charge is -2.01. The van der Waals surface area contributed by atoms with Crippen molar-refractivity contribution in [3.8, 4) is 6.07 Å². The molecule has 25 heavy (non-hydrogen) atoms. The molecule has 2 rings (SSSR count). The Morgan fingerprint density at radius 2 is 2.12 bits per heavy atom. The maximum atomic E-state index is 13.7. The summed E-state index contributed by atoms with van der Waals surface area (Å²) in [7, 11) is 0. The van der Waals surface area contributed by atoms with Gasteiger partial charge in [-0.15, -0.1) is 23.1 Å². The number of carbonyl (C=O) groups excluding carboxylic acids is 2. The highest BCUT2D eigenvalue weighted by molar-refractivity contribution is 8.00. The van der Waals surface area contributed by atoms with Gasteiger partial charge in [-0.05, 0) is 18.6 Å². The van der Waals surface area contributed by atoms with Crippen LogP contribution in [0.2, 0.25) is 0 Å². The largest absolute Gasteiger partial charge is 0.466 e. The first-order chi connectivity index (χ1) is 12.0. The van der Waals surface area contributed by atoms with Crippen LogP contribution in [-0.4, -0.2) is 18.4 Å². The van der Waals surface area contributed by atoms with E-state index in [1.807, 2.05) is 6.07 Å². The molecule has 1 aromatic carbocycles. The van der Waals surface area contributed by atoms with Crippen molar-refractivity contribution in [2.75, 3.05) is 12.3 Å². The van der Waals surface area contributed by atoms with Gasteiger partial charge in [-0.25, -0.2) is 4.39 Å². The second-order valence-corrected chi connectivity index (χ2v) is 7.17. The summed E-state index contributed by atoms with van der Waals surface area (Å²) in [6.07, 6.45) is -0.430. The molecule has 0 atom stereocenters. The fourth-order valence-electron chi connectivity index (χ4n) is 2.02. The van der Waals surface area contributed by atoms with Crippen molar-refractivity contribution >= 4 is 40.5 Å². The molecule has 8 heteroatoms. The predicted molar refractivity (Wildman–Crippen MR) is 95.0 cm³/mol. The van der Waals surface area contributed by atoms with E-state index >= 15 is 0 Å². The predicted octanol–water partition coefficient (Wildman–Crippen LogP) is 3.77. The van der Waals surface area contributed by atoms with Crippen LogP contribution in [-0.2, 0) is 15.3 Å². The molecule has 1 heterocycles. The molecule has 0 saturated heterocycles. The maximum absolute atomic E-state index is 13.7. The Morgan fingerprint density at radius 3 is 2.76 bits per heavy atom. The first-order valence-electron chi connectivity index (χ1n) is 7.35. The van der Waals surface area contributed by atoms with Gasteiger partial charge in [0.05, 0.1) is 21.4 Å². The van der Waals surface area contributed by atoms with Crippen LogP contribution in [0.4, 0.5) is 10.1 Å². The molecule has 0 aliphatic carbocycles. The molecule has 0 amide bonds. The van der Waals surface area contributed by atoms with Gasteiger partial charge in [-0.1, -0.05) is 18.2 Å². The number of halogens is 1. The number of benzene rings is 1. The molecule has 0 fully saturated rings. The molecule has 0 aliphatic rings. The standard InChI is InChI=1S/C17H15FN2O3S2/c1-2-23-14(22)7-13(21)16-15(20)11(8-19)17(25-16)24-9-10-5-3-4-6-12(10)18/h3-6H,2,7,9,20H2,1H3. The lowest BCUT2D eigenvalue weighted by molar-refractivity contribution is -0.141. The van der Waals surface area contributed by atoms with Crippen LogP contribution < -0.4 is 5.73 Å². The zero-order valence-corrected chi connectivity index (χ0v) is 15.0. The molecule has 1 aromatic heterocycles. The van der Waals surface area contributed by atoms with Crippen LogP contribution in [0.15, 0.2) is 28.5 Å². The topological polar surface area (TPSA) is 93.2 Å². The van der Waals surface area contributed by atoms with Gasteiger partial charge in [-0.3, -0.25) is 9.59 Å². The van der Waals surface area contributed by atoms with Crippen molar-refractivity contribution < 1.29 is 18.7 Å². The van der Waals surface area contributed by atoms with E-state index in [2.05, 4.69) is 0 Å². The Hall–Kier alpha value is -2.37. The average Bonchev–Trinajstić information content (AvgIpc) is 2.90. The number of rotatable bonds is 7. The van der Waals surface area contributed by atoms with Crippen molar-refractivity contribution in [3.63, 3.8) is 0 Å². The highest BCUT2D eigenvalue weighted by Crippen LogP contribution is 2.39. The minimum atomic E-state index is -0.639. The minimum absolute atomic E-state index is 0.0535. The van der Waals surface area contributed by atoms with Crippen molar-refractivity contribution in [3.05, 3.63) is 46.1 Å². The zero-order valence-electron chi connectivity index (χ0n) is 13.4. The number of hydrogen-bond acceptors (Lipinski definition) is 7. The van der Waals surface area contributed by atoms with E-state index in [9.17, 15) is 19.2 Å². The lowest BCUT2D eigenvalue weighted by atomic mass is 10.2. The molecule has 0 radical (unpaired) electrons. The monoisotopic (exact) mass is 378 g/mol. The molecule has 2 aromatic rings. The molecule has 5 nitrogen and oxygen atoms in total. The summed E-state index contributed by atoms with van der Waals surface area (Å²) in [5, 5.41) is 9.30. The van der Waals surface area contributed by atoms with E-state index in [4.69, 9.17) is 10.5 Å². The molecule has 2 N–H and O–H groups in total. The zero-order chi connectivity index (χ0) is 18.4. The molecule has 0 unspecified atom stereocenters. The number of nitrogen functional groups attached to an aromatic ring is 1. The van der Waals surface area contributed by atoms with Crippen molar-refractivity contribution in [2.45, 2.75) is 23.3 Å². The third-order valence-corrected chi connectivity index (χ3v) is 5.77. The van der Waals surface area contributed by atoms with Gasteiger partial charge < -0.3 is 10.5 Å². The number of thioether (sulfide) groups is 1.